The van der Waals surface area contributed by atoms with Crippen LogP contribution in [0, 0.1) is 10.8 Å². The zero-order valence-corrected chi connectivity index (χ0v) is 18.5. The highest BCUT2D eigenvalue weighted by Gasteiger charge is 2.11. The predicted octanol–water partition coefficient (Wildman–Crippen LogP) is 3.38. The van der Waals surface area contributed by atoms with Gasteiger partial charge in [0.05, 0.1) is 34.2 Å². The normalized spacial score (nSPS) is 10.8. The Labute approximate surface area is 203 Å². The molecule has 0 aliphatic rings. The van der Waals surface area contributed by atoms with Crippen LogP contribution >= 0.6 is 0 Å². The molecule has 0 atom stereocenters. The SMILES string of the molecule is N=C(/C=C\C(=N)c1cccc(-c2ccc(-c3cccc(C(=O)O)n3)nn2)n1)c1cccc(C(=O)O)n1. The first kappa shape index (κ1) is 23.7. The summed E-state index contributed by atoms with van der Waals surface area (Å²) in [6.45, 7) is 0. The van der Waals surface area contributed by atoms with Gasteiger partial charge in [-0.05, 0) is 60.7 Å². The van der Waals surface area contributed by atoms with Gasteiger partial charge in [0, 0.05) is 0 Å². The number of carboxylic acid groups (broad SMARTS) is 2. The lowest BCUT2D eigenvalue weighted by Crippen LogP contribution is -2.07. The zero-order chi connectivity index (χ0) is 25.7. The van der Waals surface area contributed by atoms with E-state index in [2.05, 4.69) is 25.1 Å². The van der Waals surface area contributed by atoms with Gasteiger partial charge in [-0.2, -0.15) is 0 Å². The third-order valence-corrected chi connectivity index (χ3v) is 4.84. The second-order valence-corrected chi connectivity index (χ2v) is 7.30. The second kappa shape index (κ2) is 10.2. The van der Waals surface area contributed by atoms with E-state index in [1.54, 1.807) is 42.5 Å². The van der Waals surface area contributed by atoms with Crippen molar-refractivity contribution in [3.63, 3.8) is 0 Å². The molecule has 0 spiro atoms. The third-order valence-electron chi connectivity index (χ3n) is 4.84. The summed E-state index contributed by atoms with van der Waals surface area (Å²) < 4.78 is 0. The molecule has 11 heteroatoms. The Hall–Kier alpha value is -5.45. The number of aromatic carboxylic acids is 2. The molecule has 0 saturated carbocycles. The minimum atomic E-state index is -1.19. The van der Waals surface area contributed by atoms with Crippen LogP contribution in [0.4, 0.5) is 0 Å². The van der Waals surface area contributed by atoms with Gasteiger partial charge in [-0.1, -0.05) is 18.2 Å². The zero-order valence-electron chi connectivity index (χ0n) is 18.5. The molecular weight excluding hydrogens is 462 g/mol. The van der Waals surface area contributed by atoms with E-state index >= 15 is 0 Å². The van der Waals surface area contributed by atoms with E-state index in [4.69, 9.17) is 21.0 Å². The molecule has 36 heavy (non-hydrogen) atoms. The van der Waals surface area contributed by atoms with Gasteiger partial charge >= 0.3 is 11.9 Å². The van der Waals surface area contributed by atoms with Crippen LogP contribution in [0.5, 0.6) is 0 Å². The Morgan fingerprint density at radius 2 is 0.944 bits per heavy atom. The summed E-state index contributed by atoms with van der Waals surface area (Å²) in [6.07, 6.45) is 2.72. The molecule has 0 aliphatic heterocycles. The summed E-state index contributed by atoms with van der Waals surface area (Å²) in [5.41, 5.74) is 1.85. The highest BCUT2D eigenvalue weighted by atomic mass is 16.4. The Morgan fingerprint density at radius 1 is 0.556 bits per heavy atom. The van der Waals surface area contributed by atoms with Crippen molar-refractivity contribution in [2.45, 2.75) is 0 Å². The van der Waals surface area contributed by atoms with Gasteiger partial charge in [0.1, 0.15) is 22.8 Å². The summed E-state index contributed by atoms with van der Waals surface area (Å²) >= 11 is 0. The number of carbonyl (C=O) groups is 2. The molecule has 0 aliphatic carbocycles. The third kappa shape index (κ3) is 5.37. The molecule has 4 rings (SSSR count). The minimum absolute atomic E-state index is 0.0234. The number of aromatic nitrogens is 5. The van der Waals surface area contributed by atoms with Crippen LogP contribution in [-0.2, 0) is 0 Å². The summed E-state index contributed by atoms with van der Waals surface area (Å²) in [7, 11) is 0. The minimum Gasteiger partial charge on any atom is -0.477 e. The van der Waals surface area contributed by atoms with Crippen molar-refractivity contribution >= 4 is 23.4 Å². The van der Waals surface area contributed by atoms with Crippen LogP contribution in [0.2, 0.25) is 0 Å². The lowest BCUT2D eigenvalue weighted by molar-refractivity contribution is 0.0680. The van der Waals surface area contributed by atoms with E-state index in [9.17, 15) is 9.59 Å². The number of hydrogen-bond donors (Lipinski definition) is 4. The topological polar surface area (TPSA) is 187 Å². The Bertz CT molecular complexity index is 1530. The maximum absolute atomic E-state index is 11.1. The molecule has 0 unspecified atom stereocenters. The average molecular weight is 479 g/mol. The van der Waals surface area contributed by atoms with Gasteiger partial charge in [-0.15, -0.1) is 10.2 Å². The molecule has 4 aromatic rings. The van der Waals surface area contributed by atoms with Crippen molar-refractivity contribution in [1.29, 1.82) is 10.8 Å². The van der Waals surface area contributed by atoms with E-state index in [1.165, 1.54) is 36.4 Å². The van der Waals surface area contributed by atoms with E-state index in [1.807, 2.05) is 0 Å². The average Bonchev–Trinajstić information content (AvgIpc) is 2.91. The van der Waals surface area contributed by atoms with Gasteiger partial charge in [-0.25, -0.2) is 24.5 Å². The van der Waals surface area contributed by atoms with Gasteiger partial charge in [0.2, 0.25) is 0 Å². The Balaban J connectivity index is 1.51. The van der Waals surface area contributed by atoms with Crippen molar-refractivity contribution in [1.82, 2.24) is 25.1 Å². The maximum atomic E-state index is 11.1. The number of pyridine rings is 3. The van der Waals surface area contributed by atoms with Crippen LogP contribution in [-0.4, -0.2) is 58.7 Å². The fourth-order valence-corrected chi connectivity index (χ4v) is 3.07. The molecule has 0 fully saturated rings. The first-order chi connectivity index (χ1) is 17.3. The molecule has 11 nitrogen and oxygen atoms in total. The van der Waals surface area contributed by atoms with Gasteiger partial charge in [0.25, 0.3) is 0 Å². The van der Waals surface area contributed by atoms with Gasteiger partial charge in [0.15, 0.2) is 0 Å². The lowest BCUT2D eigenvalue weighted by atomic mass is 10.1. The van der Waals surface area contributed by atoms with E-state index < -0.39 is 11.9 Å². The van der Waals surface area contributed by atoms with Crippen LogP contribution in [0.25, 0.3) is 22.8 Å². The standard InChI is InChI=1S/C25H17N7O4/c26-14(10-11-15(27)17-5-2-8-22(29-17)24(33)34)16-4-1-6-18(28-16)20-12-13-21(32-31-20)19-7-3-9-23(30-19)25(35)36/h1-13,26-27H,(H,33,34)(H,35,36)/b11-10-,26-14?,27-15?. The van der Waals surface area contributed by atoms with Gasteiger partial charge in [-0.3, -0.25) is 10.8 Å². The van der Waals surface area contributed by atoms with Crippen molar-refractivity contribution < 1.29 is 19.8 Å². The molecule has 4 N–H and O–H groups in total. The Kier molecular flexibility index (Phi) is 6.73. The van der Waals surface area contributed by atoms with Crippen molar-refractivity contribution in [2.24, 2.45) is 0 Å². The molecule has 176 valence electrons. The summed E-state index contributed by atoms with van der Waals surface area (Å²) in [5, 5.41) is 42.9. The molecule has 0 saturated heterocycles. The van der Waals surface area contributed by atoms with E-state index in [0.717, 1.165) is 0 Å². The second-order valence-electron chi connectivity index (χ2n) is 7.30. The number of hydrogen-bond acceptors (Lipinski definition) is 9. The van der Waals surface area contributed by atoms with Crippen molar-refractivity contribution in [3.05, 3.63) is 102 Å². The summed E-state index contributed by atoms with van der Waals surface area (Å²) in [5.74, 6) is -2.33. The number of nitrogens with one attached hydrogen (secondary N) is 2. The fraction of sp³-hybridized carbons (Fsp3) is 0. The molecule has 0 radical (unpaired) electrons. The summed E-state index contributed by atoms with van der Waals surface area (Å²) in [4.78, 5) is 34.6. The molecule has 0 amide bonds. The van der Waals surface area contributed by atoms with Crippen molar-refractivity contribution in [3.8, 4) is 22.8 Å². The van der Waals surface area contributed by atoms with Crippen LogP contribution in [0.3, 0.4) is 0 Å². The van der Waals surface area contributed by atoms with Crippen LogP contribution in [0.15, 0.2) is 78.9 Å². The van der Waals surface area contributed by atoms with Crippen LogP contribution < -0.4 is 0 Å². The fourth-order valence-electron chi connectivity index (χ4n) is 3.07. The highest BCUT2D eigenvalue weighted by Crippen LogP contribution is 2.19. The largest absolute Gasteiger partial charge is 0.477 e. The van der Waals surface area contributed by atoms with Gasteiger partial charge < -0.3 is 10.2 Å². The van der Waals surface area contributed by atoms with E-state index in [-0.39, 0.29) is 28.5 Å². The Morgan fingerprint density at radius 3 is 1.42 bits per heavy atom. The lowest BCUT2D eigenvalue weighted by Gasteiger charge is -2.05. The molecular formula is C25H17N7O4. The monoisotopic (exact) mass is 479 g/mol. The maximum Gasteiger partial charge on any atom is 0.354 e. The summed E-state index contributed by atoms with van der Waals surface area (Å²) in [6, 6.07) is 17.3. The number of nitrogens with zero attached hydrogens (tertiary/aromatic N) is 5. The quantitative estimate of drug-likeness (QED) is 0.275. The number of allylic oxidation sites excluding steroid dienone is 2. The molecule has 4 aromatic heterocycles. The smallest absolute Gasteiger partial charge is 0.354 e. The first-order valence-corrected chi connectivity index (χ1v) is 10.4. The van der Waals surface area contributed by atoms with E-state index in [0.29, 0.717) is 28.5 Å². The molecule has 0 aromatic carbocycles. The predicted molar refractivity (Wildman–Crippen MR) is 129 cm³/mol. The number of rotatable bonds is 8. The first-order valence-electron chi connectivity index (χ1n) is 10.4. The highest BCUT2D eigenvalue weighted by molar-refractivity contribution is 6.12. The van der Waals surface area contributed by atoms with Crippen molar-refractivity contribution in [2.75, 3.05) is 0 Å². The number of carboxylic acids is 2. The molecule has 4 heterocycles. The molecule has 0 bridgehead atoms. The van der Waals surface area contributed by atoms with Crippen LogP contribution in [0.1, 0.15) is 32.4 Å².